The largest absolute Gasteiger partial charge is 0.312 e. The third-order valence-corrected chi connectivity index (χ3v) is 5.06. The second-order valence-electron chi connectivity index (χ2n) is 5.66. The summed E-state index contributed by atoms with van der Waals surface area (Å²) in [5.41, 5.74) is 2.95. The summed E-state index contributed by atoms with van der Waals surface area (Å²) >= 11 is 2.13. The van der Waals surface area contributed by atoms with Crippen molar-refractivity contribution in [1.82, 2.24) is 5.32 Å². The Morgan fingerprint density at radius 2 is 2.22 bits per heavy atom. The van der Waals surface area contributed by atoms with E-state index in [1.165, 1.54) is 36.1 Å². The van der Waals surface area contributed by atoms with Crippen LogP contribution in [0.4, 0.5) is 0 Å². The standard InChI is InChI=1S/C16H25NS/c1-12(2)10-13-6-4-7-14(11-13)16(17-3)15-8-5-9-18-15/h4,6-7,11-12,15-17H,5,8-10H2,1-3H3. The molecule has 1 fully saturated rings. The molecule has 1 N–H and O–H groups in total. The van der Waals surface area contributed by atoms with Crippen molar-refractivity contribution in [3.8, 4) is 0 Å². The van der Waals surface area contributed by atoms with Crippen LogP contribution in [-0.2, 0) is 6.42 Å². The molecule has 0 aliphatic carbocycles. The third-order valence-electron chi connectivity index (χ3n) is 3.60. The van der Waals surface area contributed by atoms with Crippen molar-refractivity contribution in [2.75, 3.05) is 12.8 Å². The lowest BCUT2D eigenvalue weighted by Crippen LogP contribution is -2.25. The molecule has 0 spiro atoms. The second-order valence-corrected chi connectivity index (χ2v) is 7.01. The maximum atomic E-state index is 3.52. The zero-order chi connectivity index (χ0) is 13.0. The summed E-state index contributed by atoms with van der Waals surface area (Å²) in [5, 5.41) is 4.27. The van der Waals surface area contributed by atoms with Crippen LogP contribution in [0.25, 0.3) is 0 Å². The third kappa shape index (κ3) is 3.52. The van der Waals surface area contributed by atoms with E-state index in [2.05, 4.69) is 62.2 Å². The van der Waals surface area contributed by atoms with Crippen LogP contribution < -0.4 is 5.32 Å². The topological polar surface area (TPSA) is 12.0 Å². The minimum absolute atomic E-state index is 0.518. The first-order valence-electron chi connectivity index (χ1n) is 7.08. The van der Waals surface area contributed by atoms with E-state index in [0.717, 1.165) is 11.2 Å². The molecule has 1 aromatic carbocycles. The summed E-state index contributed by atoms with van der Waals surface area (Å²) in [6.07, 6.45) is 3.91. The van der Waals surface area contributed by atoms with E-state index in [0.29, 0.717) is 6.04 Å². The quantitative estimate of drug-likeness (QED) is 0.860. The van der Waals surface area contributed by atoms with Gasteiger partial charge in [-0.15, -0.1) is 0 Å². The smallest absolute Gasteiger partial charge is 0.0438 e. The Balaban J connectivity index is 2.14. The van der Waals surface area contributed by atoms with Crippen LogP contribution in [0.2, 0.25) is 0 Å². The van der Waals surface area contributed by atoms with Gasteiger partial charge in [0.05, 0.1) is 0 Å². The Kier molecular flexibility index (Phi) is 5.13. The fourth-order valence-corrected chi connectivity index (χ4v) is 4.27. The fourth-order valence-electron chi connectivity index (χ4n) is 2.82. The highest BCUT2D eigenvalue weighted by atomic mass is 32.2. The molecule has 2 heteroatoms. The molecule has 100 valence electrons. The summed E-state index contributed by atoms with van der Waals surface area (Å²) in [4.78, 5) is 0. The van der Waals surface area contributed by atoms with Gasteiger partial charge in [0.1, 0.15) is 0 Å². The first-order chi connectivity index (χ1) is 8.70. The molecule has 1 nitrogen and oxygen atoms in total. The highest BCUT2D eigenvalue weighted by molar-refractivity contribution is 8.00. The van der Waals surface area contributed by atoms with Crippen LogP contribution in [-0.4, -0.2) is 18.1 Å². The van der Waals surface area contributed by atoms with Gasteiger partial charge in [0.25, 0.3) is 0 Å². The first-order valence-corrected chi connectivity index (χ1v) is 8.13. The lowest BCUT2D eigenvalue weighted by molar-refractivity contribution is 0.550. The second kappa shape index (κ2) is 6.63. The van der Waals surface area contributed by atoms with Crippen LogP contribution in [0, 0.1) is 5.92 Å². The van der Waals surface area contributed by atoms with Gasteiger partial charge in [-0.25, -0.2) is 0 Å². The van der Waals surface area contributed by atoms with Gasteiger partial charge < -0.3 is 5.32 Å². The zero-order valence-electron chi connectivity index (χ0n) is 11.8. The number of thioether (sulfide) groups is 1. The molecule has 2 unspecified atom stereocenters. The maximum Gasteiger partial charge on any atom is 0.0438 e. The van der Waals surface area contributed by atoms with Crippen LogP contribution in [0.5, 0.6) is 0 Å². The SMILES string of the molecule is CNC(c1cccc(CC(C)C)c1)C1CCCS1. The Bertz CT molecular complexity index is 369. The molecule has 1 saturated heterocycles. The highest BCUT2D eigenvalue weighted by Crippen LogP contribution is 2.36. The predicted molar refractivity (Wildman–Crippen MR) is 82.3 cm³/mol. The van der Waals surface area contributed by atoms with Crippen LogP contribution in [0.15, 0.2) is 24.3 Å². The van der Waals surface area contributed by atoms with Crippen molar-refractivity contribution < 1.29 is 0 Å². The van der Waals surface area contributed by atoms with Crippen molar-refractivity contribution in [3.05, 3.63) is 35.4 Å². The molecular formula is C16H25NS. The Labute approximate surface area is 116 Å². The van der Waals surface area contributed by atoms with Gasteiger partial charge in [0.2, 0.25) is 0 Å². The number of benzene rings is 1. The van der Waals surface area contributed by atoms with E-state index in [1.54, 1.807) is 0 Å². The molecule has 2 atom stereocenters. The molecule has 18 heavy (non-hydrogen) atoms. The Morgan fingerprint density at radius 3 is 2.83 bits per heavy atom. The fraction of sp³-hybridized carbons (Fsp3) is 0.625. The van der Waals surface area contributed by atoms with Crippen molar-refractivity contribution in [3.63, 3.8) is 0 Å². The zero-order valence-corrected chi connectivity index (χ0v) is 12.6. The Morgan fingerprint density at radius 1 is 1.39 bits per heavy atom. The monoisotopic (exact) mass is 263 g/mol. The molecule has 2 rings (SSSR count). The predicted octanol–water partition coefficient (Wildman–Crippen LogP) is 4.04. The molecule has 0 amide bonds. The van der Waals surface area contributed by atoms with Crippen molar-refractivity contribution >= 4 is 11.8 Å². The van der Waals surface area contributed by atoms with Crippen LogP contribution >= 0.6 is 11.8 Å². The van der Waals surface area contributed by atoms with Gasteiger partial charge in [0.15, 0.2) is 0 Å². The summed E-state index contributed by atoms with van der Waals surface area (Å²) in [6, 6.07) is 9.68. The number of hydrogen-bond donors (Lipinski definition) is 1. The van der Waals surface area contributed by atoms with E-state index >= 15 is 0 Å². The molecule has 0 saturated carbocycles. The number of rotatable bonds is 5. The van der Waals surface area contributed by atoms with E-state index in [9.17, 15) is 0 Å². The van der Waals surface area contributed by atoms with E-state index in [4.69, 9.17) is 0 Å². The Hall–Kier alpha value is -0.470. The number of nitrogens with one attached hydrogen (secondary N) is 1. The molecule has 0 bridgehead atoms. The molecule has 0 radical (unpaired) electrons. The van der Waals surface area contributed by atoms with Gasteiger partial charge in [-0.1, -0.05) is 38.1 Å². The average Bonchev–Trinajstić information content (AvgIpc) is 2.83. The lowest BCUT2D eigenvalue weighted by atomic mass is 9.96. The average molecular weight is 263 g/mol. The lowest BCUT2D eigenvalue weighted by Gasteiger charge is -2.23. The van der Waals surface area contributed by atoms with E-state index in [-0.39, 0.29) is 0 Å². The van der Waals surface area contributed by atoms with E-state index < -0.39 is 0 Å². The minimum atomic E-state index is 0.518. The summed E-state index contributed by atoms with van der Waals surface area (Å²) < 4.78 is 0. The summed E-state index contributed by atoms with van der Waals surface area (Å²) in [7, 11) is 2.10. The molecule has 1 aromatic rings. The molecule has 0 aromatic heterocycles. The normalized spacial score (nSPS) is 21.4. The minimum Gasteiger partial charge on any atom is -0.312 e. The molecule has 1 aliphatic rings. The summed E-state index contributed by atoms with van der Waals surface area (Å²) in [5.74, 6) is 2.06. The van der Waals surface area contributed by atoms with Gasteiger partial charge >= 0.3 is 0 Å². The molecule has 1 aliphatic heterocycles. The maximum absolute atomic E-state index is 3.52. The number of hydrogen-bond acceptors (Lipinski definition) is 2. The van der Waals surface area contributed by atoms with Crippen LogP contribution in [0.1, 0.15) is 43.9 Å². The summed E-state index contributed by atoms with van der Waals surface area (Å²) in [6.45, 7) is 4.57. The van der Waals surface area contributed by atoms with Crippen LogP contribution in [0.3, 0.4) is 0 Å². The van der Waals surface area contributed by atoms with E-state index in [1.807, 2.05) is 0 Å². The van der Waals surface area contributed by atoms with Crippen molar-refractivity contribution in [1.29, 1.82) is 0 Å². The van der Waals surface area contributed by atoms with Crippen molar-refractivity contribution in [2.24, 2.45) is 5.92 Å². The van der Waals surface area contributed by atoms with Gasteiger partial charge in [-0.2, -0.15) is 11.8 Å². The van der Waals surface area contributed by atoms with Crippen molar-refractivity contribution in [2.45, 2.75) is 44.4 Å². The molecular weight excluding hydrogens is 238 g/mol. The first kappa shape index (κ1) is 14.0. The van der Waals surface area contributed by atoms with Gasteiger partial charge in [-0.3, -0.25) is 0 Å². The highest BCUT2D eigenvalue weighted by Gasteiger charge is 2.25. The van der Waals surface area contributed by atoms with Gasteiger partial charge in [0, 0.05) is 11.3 Å². The molecule has 1 heterocycles. The van der Waals surface area contributed by atoms with Gasteiger partial charge in [-0.05, 0) is 49.1 Å².